The summed E-state index contributed by atoms with van der Waals surface area (Å²) in [6.07, 6.45) is 4.08. The van der Waals surface area contributed by atoms with Gasteiger partial charge in [-0.1, -0.05) is 6.42 Å². The molecule has 2 aliphatic heterocycles. The molecule has 1 aromatic rings. The molecule has 2 heterocycles. The molecule has 0 saturated carbocycles. The summed E-state index contributed by atoms with van der Waals surface area (Å²) in [5.41, 5.74) is 0.647. The van der Waals surface area contributed by atoms with Gasteiger partial charge in [-0.05, 0) is 31.5 Å². The summed E-state index contributed by atoms with van der Waals surface area (Å²) in [4.78, 5) is 0. The van der Waals surface area contributed by atoms with Gasteiger partial charge in [0.25, 0.3) is 0 Å². The second kappa shape index (κ2) is 5.14. The van der Waals surface area contributed by atoms with Crippen LogP contribution < -0.4 is 14.8 Å². The first-order valence-corrected chi connectivity index (χ1v) is 6.67. The van der Waals surface area contributed by atoms with Crippen LogP contribution in [-0.4, -0.2) is 19.8 Å². The molecule has 2 aliphatic rings. The molecule has 1 N–H and O–H groups in total. The number of nitrogens with one attached hydrogen (secondary N) is 1. The topological polar surface area (TPSA) is 30.5 Å². The molecule has 0 amide bonds. The van der Waals surface area contributed by atoms with Gasteiger partial charge in [-0.3, -0.25) is 0 Å². The van der Waals surface area contributed by atoms with Crippen molar-refractivity contribution >= 4 is 0 Å². The van der Waals surface area contributed by atoms with E-state index < -0.39 is 0 Å². The van der Waals surface area contributed by atoms with E-state index in [2.05, 4.69) is 5.32 Å². The Morgan fingerprint density at radius 3 is 2.83 bits per heavy atom. The Kier molecular flexibility index (Phi) is 3.37. The van der Waals surface area contributed by atoms with Crippen molar-refractivity contribution in [3.8, 4) is 11.5 Å². The maximum atomic E-state index is 14.1. The van der Waals surface area contributed by atoms with E-state index in [0.29, 0.717) is 30.3 Å². The molecule has 0 aromatic heterocycles. The largest absolute Gasteiger partial charge is 0.490 e. The molecule has 1 fully saturated rings. The Morgan fingerprint density at radius 1 is 1.11 bits per heavy atom. The van der Waals surface area contributed by atoms with Crippen LogP contribution in [0.1, 0.15) is 37.3 Å². The Morgan fingerprint density at radius 2 is 2.00 bits per heavy atom. The van der Waals surface area contributed by atoms with Crippen LogP contribution in [0.4, 0.5) is 4.39 Å². The Hall–Kier alpha value is -1.29. The predicted octanol–water partition coefficient (Wildman–Crippen LogP) is 2.80. The Labute approximate surface area is 106 Å². The average molecular weight is 251 g/mol. The SMILES string of the molecule is Fc1ccc2c(c1C1CCCCN1)OCCCO2. The van der Waals surface area contributed by atoms with Crippen LogP contribution in [0, 0.1) is 5.82 Å². The van der Waals surface area contributed by atoms with E-state index in [1.54, 1.807) is 6.07 Å². The van der Waals surface area contributed by atoms with Crippen LogP contribution in [0.5, 0.6) is 11.5 Å². The molecule has 1 atom stereocenters. The number of piperidine rings is 1. The standard InChI is InChI=1S/C14H18FNO2/c15-10-5-6-12-14(18-9-3-8-17-12)13(10)11-4-1-2-7-16-11/h5-6,11,16H,1-4,7-9H2. The molecule has 1 saturated heterocycles. The third kappa shape index (κ3) is 2.17. The number of ether oxygens (including phenoxy) is 2. The molecular formula is C14H18FNO2. The number of fused-ring (bicyclic) bond motifs is 1. The lowest BCUT2D eigenvalue weighted by Gasteiger charge is -2.26. The number of rotatable bonds is 1. The molecule has 1 aromatic carbocycles. The van der Waals surface area contributed by atoms with E-state index >= 15 is 0 Å². The molecule has 1 unspecified atom stereocenters. The molecule has 0 spiro atoms. The lowest BCUT2D eigenvalue weighted by Crippen LogP contribution is -2.28. The first kappa shape index (κ1) is 11.8. The number of hydrogen-bond donors (Lipinski definition) is 1. The van der Waals surface area contributed by atoms with Crippen molar-refractivity contribution < 1.29 is 13.9 Å². The van der Waals surface area contributed by atoms with Crippen molar-refractivity contribution in [2.75, 3.05) is 19.8 Å². The lowest BCUT2D eigenvalue weighted by molar-refractivity contribution is 0.292. The maximum absolute atomic E-state index is 14.1. The third-order valence-electron chi connectivity index (χ3n) is 3.56. The number of benzene rings is 1. The summed E-state index contributed by atoms with van der Waals surface area (Å²) in [5.74, 6) is 1.09. The summed E-state index contributed by atoms with van der Waals surface area (Å²) >= 11 is 0. The normalized spacial score (nSPS) is 23.5. The molecule has 0 radical (unpaired) electrons. The van der Waals surface area contributed by atoms with Crippen molar-refractivity contribution in [3.05, 3.63) is 23.5 Å². The van der Waals surface area contributed by atoms with Gasteiger partial charge >= 0.3 is 0 Å². The molecule has 3 nitrogen and oxygen atoms in total. The smallest absolute Gasteiger partial charge is 0.168 e. The zero-order valence-corrected chi connectivity index (χ0v) is 10.4. The van der Waals surface area contributed by atoms with Crippen LogP contribution in [0.15, 0.2) is 12.1 Å². The van der Waals surface area contributed by atoms with Crippen LogP contribution in [0.25, 0.3) is 0 Å². The third-order valence-corrected chi connectivity index (χ3v) is 3.56. The minimum Gasteiger partial charge on any atom is -0.490 e. The van der Waals surface area contributed by atoms with E-state index in [9.17, 15) is 4.39 Å². The van der Waals surface area contributed by atoms with Crippen molar-refractivity contribution in [2.45, 2.75) is 31.7 Å². The van der Waals surface area contributed by atoms with Gasteiger partial charge in [0.15, 0.2) is 11.5 Å². The fourth-order valence-electron chi connectivity index (χ4n) is 2.66. The fraction of sp³-hybridized carbons (Fsp3) is 0.571. The lowest BCUT2D eigenvalue weighted by atomic mass is 9.96. The van der Waals surface area contributed by atoms with Gasteiger partial charge in [0.1, 0.15) is 5.82 Å². The average Bonchev–Trinajstić information content (AvgIpc) is 2.65. The van der Waals surface area contributed by atoms with Crippen molar-refractivity contribution in [2.24, 2.45) is 0 Å². The monoisotopic (exact) mass is 251 g/mol. The molecule has 0 bridgehead atoms. The Bertz CT molecular complexity index is 430. The highest BCUT2D eigenvalue weighted by Crippen LogP contribution is 2.40. The summed E-state index contributed by atoms with van der Waals surface area (Å²) in [6.45, 7) is 2.17. The summed E-state index contributed by atoms with van der Waals surface area (Å²) in [5, 5.41) is 3.37. The van der Waals surface area contributed by atoms with E-state index in [1.807, 2.05) is 0 Å². The highest BCUT2D eigenvalue weighted by Gasteiger charge is 2.26. The van der Waals surface area contributed by atoms with E-state index in [0.717, 1.165) is 32.2 Å². The van der Waals surface area contributed by atoms with Gasteiger partial charge in [0.2, 0.25) is 0 Å². The summed E-state index contributed by atoms with van der Waals surface area (Å²) < 4.78 is 25.4. The fourth-order valence-corrected chi connectivity index (χ4v) is 2.66. The van der Waals surface area contributed by atoms with Crippen LogP contribution >= 0.6 is 0 Å². The number of hydrogen-bond acceptors (Lipinski definition) is 3. The van der Waals surface area contributed by atoms with Crippen molar-refractivity contribution in [3.63, 3.8) is 0 Å². The van der Waals surface area contributed by atoms with E-state index in [4.69, 9.17) is 9.47 Å². The molecule has 18 heavy (non-hydrogen) atoms. The highest BCUT2D eigenvalue weighted by atomic mass is 19.1. The summed E-state index contributed by atoms with van der Waals surface area (Å²) in [7, 11) is 0. The zero-order chi connectivity index (χ0) is 12.4. The zero-order valence-electron chi connectivity index (χ0n) is 10.4. The van der Waals surface area contributed by atoms with Gasteiger partial charge < -0.3 is 14.8 Å². The van der Waals surface area contributed by atoms with Gasteiger partial charge in [-0.15, -0.1) is 0 Å². The van der Waals surface area contributed by atoms with E-state index in [1.165, 1.54) is 6.07 Å². The molecular weight excluding hydrogens is 233 g/mol. The maximum Gasteiger partial charge on any atom is 0.168 e. The second-order valence-corrected chi connectivity index (χ2v) is 4.84. The van der Waals surface area contributed by atoms with Gasteiger partial charge in [0, 0.05) is 12.5 Å². The van der Waals surface area contributed by atoms with Crippen LogP contribution in [0.3, 0.4) is 0 Å². The first-order valence-electron chi connectivity index (χ1n) is 6.67. The van der Waals surface area contributed by atoms with Crippen molar-refractivity contribution in [1.29, 1.82) is 0 Å². The van der Waals surface area contributed by atoms with Crippen LogP contribution in [-0.2, 0) is 0 Å². The second-order valence-electron chi connectivity index (χ2n) is 4.84. The minimum absolute atomic E-state index is 0.0513. The Balaban J connectivity index is 2.00. The van der Waals surface area contributed by atoms with Gasteiger partial charge in [-0.25, -0.2) is 4.39 Å². The first-order chi connectivity index (χ1) is 8.86. The molecule has 4 heteroatoms. The van der Waals surface area contributed by atoms with Gasteiger partial charge in [0.05, 0.1) is 18.8 Å². The van der Waals surface area contributed by atoms with E-state index in [-0.39, 0.29) is 11.9 Å². The molecule has 0 aliphatic carbocycles. The number of halogens is 1. The predicted molar refractivity (Wildman–Crippen MR) is 66.6 cm³/mol. The molecule has 98 valence electrons. The highest BCUT2D eigenvalue weighted by molar-refractivity contribution is 5.49. The van der Waals surface area contributed by atoms with Gasteiger partial charge in [-0.2, -0.15) is 0 Å². The van der Waals surface area contributed by atoms with Crippen molar-refractivity contribution in [1.82, 2.24) is 5.32 Å². The summed E-state index contributed by atoms with van der Waals surface area (Å²) in [6, 6.07) is 3.21. The molecule has 3 rings (SSSR count). The minimum atomic E-state index is -0.196. The quantitative estimate of drug-likeness (QED) is 0.832. The van der Waals surface area contributed by atoms with Crippen LogP contribution in [0.2, 0.25) is 0 Å².